The molecule has 0 bridgehead atoms. The smallest absolute Gasteiger partial charge is 0.273 e. The van der Waals surface area contributed by atoms with Crippen molar-refractivity contribution in [1.82, 2.24) is 0 Å². The van der Waals surface area contributed by atoms with Crippen LogP contribution in [0.4, 0.5) is 8.78 Å². The number of methoxy groups -OCH3 is 1. The number of rotatable bonds is 1. The van der Waals surface area contributed by atoms with E-state index in [0.29, 0.717) is 17.7 Å². The number of hydrogen-bond acceptors (Lipinski definition) is 1. The van der Waals surface area contributed by atoms with Gasteiger partial charge >= 0.3 is 0 Å². The molecule has 0 saturated carbocycles. The van der Waals surface area contributed by atoms with Crippen LogP contribution in [0.25, 0.3) is 5.57 Å². The lowest BCUT2D eigenvalue weighted by molar-refractivity contribution is 0.0544. The van der Waals surface area contributed by atoms with E-state index in [1.807, 2.05) is 0 Å². The zero-order valence-corrected chi connectivity index (χ0v) is 8.52. The summed E-state index contributed by atoms with van der Waals surface area (Å²) < 4.78 is 31.7. The molecule has 80 valence electrons. The number of hydrogen-bond donors (Lipinski definition) is 0. The van der Waals surface area contributed by atoms with Crippen molar-refractivity contribution in [3.05, 3.63) is 35.9 Å². The number of fused-ring (bicyclic) bond motifs is 1. The Morgan fingerprint density at radius 3 is 2.80 bits per heavy atom. The van der Waals surface area contributed by atoms with E-state index >= 15 is 0 Å². The highest BCUT2D eigenvalue weighted by molar-refractivity contribution is 5.73. The SMILES string of the molecule is C=C1c2ccc(OC)cc2CCC1(F)F. The van der Waals surface area contributed by atoms with Gasteiger partial charge < -0.3 is 4.74 Å². The molecule has 2 rings (SSSR count). The number of benzene rings is 1. The van der Waals surface area contributed by atoms with Crippen LogP contribution in [0.2, 0.25) is 0 Å². The Kier molecular flexibility index (Phi) is 2.25. The lowest BCUT2D eigenvalue weighted by Gasteiger charge is -2.26. The highest BCUT2D eigenvalue weighted by Gasteiger charge is 2.37. The summed E-state index contributed by atoms with van der Waals surface area (Å²) in [4.78, 5) is 0. The molecule has 15 heavy (non-hydrogen) atoms. The highest BCUT2D eigenvalue weighted by atomic mass is 19.3. The molecule has 1 nitrogen and oxygen atoms in total. The Morgan fingerprint density at radius 2 is 2.13 bits per heavy atom. The molecule has 1 aliphatic rings. The fourth-order valence-corrected chi connectivity index (χ4v) is 1.84. The maximum atomic E-state index is 13.3. The van der Waals surface area contributed by atoms with Crippen molar-refractivity contribution < 1.29 is 13.5 Å². The van der Waals surface area contributed by atoms with E-state index in [4.69, 9.17) is 4.74 Å². The van der Waals surface area contributed by atoms with Crippen LogP contribution < -0.4 is 4.74 Å². The van der Waals surface area contributed by atoms with Crippen molar-refractivity contribution in [3.63, 3.8) is 0 Å². The van der Waals surface area contributed by atoms with Crippen LogP contribution in [-0.4, -0.2) is 13.0 Å². The van der Waals surface area contributed by atoms with Crippen molar-refractivity contribution in [3.8, 4) is 5.75 Å². The molecule has 0 atom stereocenters. The minimum atomic E-state index is -2.76. The number of allylic oxidation sites excluding steroid dienone is 1. The van der Waals surface area contributed by atoms with E-state index in [-0.39, 0.29) is 12.0 Å². The van der Waals surface area contributed by atoms with Gasteiger partial charge in [-0.25, -0.2) is 8.78 Å². The molecule has 0 fully saturated rings. The van der Waals surface area contributed by atoms with Gasteiger partial charge in [-0.1, -0.05) is 12.6 Å². The fourth-order valence-electron chi connectivity index (χ4n) is 1.84. The first-order valence-electron chi connectivity index (χ1n) is 4.79. The number of ether oxygens (including phenoxy) is 1. The lowest BCUT2D eigenvalue weighted by Crippen LogP contribution is -2.24. The Bertz CT molecular complexity index is 410. The van der Waals surface area contributed by atoms with E-state index in [1.54, 1.807) is 25.3 Å². The normalized spacial score (nSPS) is 18.5. The summed E-state index contributed by atoms with van der Waals surface area (Å²) in [6.45, 7) is 3.47. The summed E-state index contributed by atoms with van der Waals surface area (Å²) in [7, 11) is 1.56. The van der Waals surface area contributed by atoms with E-state index in [9.17, 15) is 8.78 Å². The summed E-state index contributed by atoms with van der Waals surface area (Å²) in [5, 5.41) is 0. The van der Waals surface area contributed by atoms with Crippen molar-refractivity contribution in [2.75, 3.05) is 7.11 Å². The van der Waals surface area contributed by atoms with Crippen molar-refractivity contribution in [1.29, 1.82) is 0 Å². The first-order valence-corrected chi connectivity index (χ1v) is 4.79. The molecular formula is C12H12F2O. The van der Waals surface area contributed by atoms with Gasteiger partial charge in [0.2, 0.25) is 0 Å². The average Bonchev–Trinajstić information content (AvgIpc) is 2.23. The van der Waals surface area contributed by atoms with Gasteiger partial charge in [-0.05, 0) is 29.7 Å². The lowest BCUT2D eigenvalue weighted by atomic mass is 9.85. The Morgan fingerprint density at radius 1 is 1.40 bits per heavy atom. The third kappa shape index (κ3) is 1.62. The number of halogens is 2. The van der Waals surface area contributed by atoms with Crippen LogP contribution >= 0.6 is 0 Å². The molecule has 1 aliphatic carbocycles. The van der Waals surface area contributed by atoms with Gasteiger partial charge in [0, 0.05) is 12.0 Å². The number of aryl methyl sites for hydroxylation is 1. The van der Waals surface area contributed by atoms with Crippen LogP contribution in [-0.2, 0) is 6.42 Å². The minimum Gasteiger partial charge on any atom is -0.497 e. The van der Waals surface area contributed by atoms with Crippen LogP contribution in [0.1, 0.15) is 17.5 Å². The molecule has 0 spiro atoms. The quantitative estimate of drug-likeness (QED) is 0.691. The Hall–Kier alpha value is -1.38. The van der Waals surface area contributed by atoms with E-state index in [2.05, 4.69) is 6.58 Å². The second kappa shape index (κ2) is 3.33. The zero-order chi connectivity index (χ0) is 11.1. The molecule has 0 amide bonds. The molecular weight excluding hydrogens is 198 g/mol. The van der Waals surface area contributed by atoms with Gasteiger partial charge in [0.1, 0.15) is 5.75 Å². The third-order valence-corrected chi connectivity index (χ3v) is 2.79. The molecule has 0 N–H and O–H groups in total. The average molecular weight is 210 g/mol. The summed E-state index contributed by atoms with van der Waals surface area (Å²) in [6, 6.07) is 5.14. The van der Waals surface area contributed by atoms with Gasteiger partial charge in [0.05, 0.1) is 7.11 Å². The van der Waals surface area contributed by atoms with Gasteiger partial charge in [0.15, 0.2) is 0 Å². The molecule has 3 heteroatoms. The predicted octanol–water partition coefficient (Wildman–Crippen LogP) is 3.29. The zero-order valence-electron chi connectivity index (χ0n) is 8.52. The molecule has 1 aromatic carbocycles. The fraction of sp³-hybridized carbons (Fsp3) is 0.333. The highest BCUT2D eigenvalue weighted by Crippen LogP contribution is 2.42. The third-order valence-electron chi connectivity index (χ3n) is 2.79. The summed E-state index contributed by atoms with van der Waals surface area (Å²) >= 11 is 0. The standard InChI is InChI=1S/C12H12F2O/c1-8-11-4-3-10(15-2)7-9(11)5-6-12(8,13)14/h3-4,7H,1,5-6H2,2H3. The van der Waals surface area contributed by atoms with Crippen LogP contribution in [0.5, 0.6) is 5.75 Å². The molecule has 0 radical (unpaired) electrons. The molecule has 0 unspecified atom stereocenters. The van der Waals surface area contributed by atoms with E-state index in [1.165, 1.54) is 0 Å². The monoisotopic (exact) mass is 210 g/mol. The van der Waals surface area contributed by atoms with Crippen molar-refractivity contribution in [2.24, 2.45) is 0 Å². The van der Waals surface area contributed by atoms with Crippen LogP contribution in [0.15, 0.2) is 24.8 Å². The van der Waals surface area contributed by atoms with Crippen molar-refractivity contribution in [2.45, 2.75) is 18.8 Å². The van der Waals surface area contributed by atoms with Gasteiger partial charge in [-0.15, -0.1) is 0 Å². The first kappa shape index (κ1) is 10.1. The molecule has 0 heterocycles. The van der Waals surface area contributed by atoms with Gasteiger partial charge in [0.25, 0.3) is 5.92 Å². The van der Waals surface area contributed by atoms with Gasteiger partial charge in [-0.2, -0.15) is 0 Å². The summed E-state index contributed by atoms with van der Waals surface area (Å²) in [5.74, 6) is -2.06. The van der Waals surface area contributed by atoms with Crippen molar-refractivity contribution >= 4 is 5.57 Å². The summed E-state index contributed by atoms with van der Waals surface area (Å²) in [6.07, 6.45) is 0.213. The summed E-state index contributed by atoms with van der Waals surface area (Å²) in [5.41, 5.74) is 1.38. The second-order valence-electron chi connectivity index (χ2n) is 3.71. The topological polar surface area (TPSA) is 9.23 Å². The molecule has 0 saturated heterocycles. The van der Waals surface area contributed by atoms with Gasteiger partial charge in [-0.3, -0.25) is 0 Å². The van der Waals surface area contributed by atoms with Crippen LogP contribution in [0.3, 0.4) is 0 Å². The molecule has 1 aromatic rings. The maximum Gasteiger partial charge on any atom is 0.273 e. The van der Waals surface area contributed by atoms with E-state index < -0.39 is 5.92 Å². The Labute approximate surface area is 87.4 Å². The van der Waals surface area contributed by atoms with Crippen LogP contribution in [0, 0.1) is 0 Å². The largest absolute Gasteiger partial charge is 0.497 e. The predicted molar refractivity (Wildman–Crippen MR) is 55.3 cm³/mol. The first-order chi connectivity index (χ1) is 7.04. The Balaban J connectivity index is 2.46. The second-order valence-corrected chi connectivity index (χ2v) is 3.71. The molecule has 0 aliphatic heterocycles. The maximum absolute atomic E-state index is 13.3. The van der Waals surface area contributed by atoms with E-state index in [0.717, 1.165) is 5.56 Å². The molecule has 0 aromatic heterocycles. The minimum absolute atomic E-state index is 0.0774. The number of alkyl halides is 2.